The molecule has 0 heterocycles. The Labute approximate surface area is 180 Å². The molecule has 0 saturated carbocycles. The second-order valence-electron chi connectivity index (χ2n) is 6.66. The van der Waals surface area contributed by atoms with E-state index in [9.17, 15) is 9.59 Å². The summed E-state index contributed by atoms with van der Waals surface area (Å²) in [6.07, 6.45) is 0. The zero-order valence-electron chi connectivity index (χ0n) is 17.3. The largest absolute Gasteiger partial charge is 0.493 e. The van der Waals surface area contributed by atoms with Crippen LogP contribution in [0.4, 0.5) is 0 Å². The highest BCUT2D eigenvalue weighted by Gasteiger charge is 2.12. The predicted molar refractivity (Wildman–Crippen MR) is 117 cm³/mol. The van der Waals surface area contributed by atoms with Gasteiger partial charge in [-0.15, -0.1) is 0 Å². The first-order chi connectivity index (χ1) is 14.3. The lowest BCUT2D eigenvalue weighted by molar-refractivity contribution is 0.0934. The van der Waals surface area contributed by atoms with Crippen LogP contribution in [0.3, 0.4) is 0 Å². The Balaban J connectivity index is 1.86. The summed E-state index contributed by atoms with van der Waals surface area (Å²) in [5, 5.41) is 2.45. The van der Waals surface area contributed by atoms with Gasteiger partial charge in [-0.1, -0.05) is 13.8 Å². The first-order valence-electron chi connectivity index (χ1n) is 9.20. The summed E-state index contributed by atoms with van der Waals surface area (Å²) < 4.78 is 15.9. The van der Waals surface area contributed by atoms with Gasteiger partial charge in [0.1, 0.15) is 5.75 Å². The first kappa shape index (κ1) is 23.0. The highest BCUT2D eigenvalue weighted by molar-refractivity contribution is 7.80. The summed E-state index contributed by atoms with van der Waals surface area (Å²) in [6, 6.07) is 11.4. The average molecular weight is 432 g/mol. The molecule has 0 atom stereocenters. The van der Waals surface area contributed by atoms with Gasteiger partial charge in [-0.2, -0.15) is 0 Å². The highest BCUT2D eigenvalue weighted by Crippen LogP contribution is 2.27. The van der Waals surface area contributed by atoms with Gasteiger partial charge in [-0.05, 0) is 60.6 Å². The molecule has 9 heteroatoms. The van der Waals surface area contributed by atoms with Crippen LogP contribution in [0, 0.1) is 5.92 Å². The number of hydrogen-bond donors (Lipinski definition) is 3. The van der Waals surface area contributed by atoms with Gasteiger partial charge < -0.3 is 14.2 Å². The lowest BCUT2D eigenvalue weighted by Gasteiger charge is -2.13. The summed E-state index contributed by atoms with van der Waals surface area (Å²) in [5.41, 5.74) is 5.64. The number of hydrazine groups is 1. The van der Waals surface area contributed by atoms with Crippen LogP contribution in [0.2, 0.25) is 0 Å². The zero-order valence-corrected chi connectivity index (χ0v) is 18.1. The van der Waals surface area contributed by atoms with Crippen LogP contribution in [0.1, 0.15) is 34.6 Å². The van der Waals surface area contributed by atoms with Gasteiger partial charge >= 0.3 is 0 Å². The van der Waals surface area contributed by atoms with Crippen LogP contribution in [-0.4, -0.2) is 37.8 Å². The van der Waals surface area contributed by atoms with Crippen LogP contribution >= 0.6 is 12.2 Å². The van der Waals surface area contributed by atoms with Crippen molar-refractivity contribution in [1.82, 2.24) is 16.2 Å². The van der Waals surface area contributed by atoms with Crippen LogP contribution in [0.15, 0.2) is 42.5 Å². The van der Waals surface area contributed by atoms with E-state index < -0.39 is 11.8 Å². The number of carbonyl (C=O) groups excluding carboxylic acids is 2. The van der Waals surface area contributed by atoms with Crippen molar-refractivity contribution in [3.05, 3.63) is 53.6 Å². The lowest BCUT2D eigenvalue weighted by atomic mass is 10.2. The third-order valence-corrected chi connectivity index (χ3v) is 4.07. The number of rotatable bonds is 7. The van der Waals surface area contributed by atoms with E-state index in [0.717, 1.165) is 0 Å². The summed E-state index contributed by atoms with van der Waals surface area (Å²) in [5.74, 6) is 1.14. The molecule has 0 radical (unpaired) electrons. The number of methoxy groups -OCH3 is 2. The SMILES string of the molecule is COc1ccc(C(=O)NNC(=S)NC(=O)c2ccc(OCC(C)C)cc2)cc1OC. The molecule has 0 aliphatic carbocycles. The Kier molecular flexibility index (Phi) is 8.42. The third-order valence-electron chi connectivity index (χ3n) is 3.86. The Morgan fingerprint density at radius 3 is 2.13 bits per heavy atom. The summed E-state index contributed by atoms with van der Waals surface area (Å²) in [4.78, 5) is 24.5. The smallest absolute Gasteiger partial charge is 0.269 e. The number of carbonyl (C=O) groups is 2. The minimum atomic E-state index is -0.459. The molecule has 0 aliphatic heterocycles. The lowest BCUT2D eigenvalue weighted by Crippen LogP contribution is -2.48. The maximum Gasteiger partial charge on any atom is 0.269 e. The van der Waals surface area contributed by atoms with Crippen molar-refractivity contribution in [2.75, 3.05) is 20.8 Å². The van der Waals surface area contributed by atoms with E-state index in [0.29, 0.717) is 40.9 Å². The Morgan fingerprint density at radius 1 is 0.900 bits per heavy atom. The van der Waals surface area contributed by atoms with Gasteiger partial charge in [0.05, 0.1) is 20.8 Å². The van der Waals surface area contributed by atoms with Crippen LogP contribution < -0.4 is 30.4 Å². The number of nitrogens with one attached hydrogen (secondary N) is 3. The molecule has 8 nitrogen and oxygen atoms in total. The van der Waals surface area contributed by atoms with Crippen molar-refractivity contribution in [2.24, 2.45) is 5.92 Å². The van der Waals surface area contributed by atoms with Crippen molar-refractivity contribution >= 4 is 29.1 Å². The average Bonchev–Trinajstić information content (AvgIpc) is 2.75. The predicted octanol–water partition coefficient (Wildman–Crippen LogP) is 2.69. The number of ether oxygens (including phenoxy) is 3. The number of thiocarbonyl (C=S) groups is 1. The summed E-state index contributed by atoms with van der Waals surface area (Å²) in [7, 11) is 2.98. The van der Waals surface area contributed by atoms with Crippen molar-refractivity contribution in [3.8, 4) is 17.2 Å². The molecule has 30 heavy (non-hydrogen) atoms. The molecule has 0 bridgehead atoms. The van der Waals surface area contributed by atoms with E-state index in [1.54, 1.807) is 36.4 Å². The van der Waals surface area contributed by atoms with Gasteiger partial charge in [-0.25, -0.2) is 0 Å². The second kappa shape index (κ2) is 11.0. The molecule has 3 N–H and O–H groups in total. The van der Waals surface area contributed by atoms with E-state index in [1.165, 1.54) is 20.3 Å². The number of amides is 2. The standard InChI is InChI=1S/C21H25N3O5S/c1-13(2)12-29-16-8-5-14(6-9-16)19(25)22-21(30)24-23-20(26)15-7-10-17(27-3)18(11-15)28-4/h5-11,13H,12H2,1-4H3,(H,23,26)(H2,22,24,25,30). The first-order valence-corrected chi connectivity index (χ1v) is 9.61. The zero-order chi connectivity index (χ0) is 22.1. The second-order valence-corrected chi connectivity index (χ2v) is 7.07. The maximum absolute atomic E-state index is 12.3. The number of benzene rings is 2. The van der Waals surface area contributed by atoms with Crippen LogP contribution in [0.25, 0.3) is 0 Å². The van der Waals surface area contributed by atoms with Crippen LogP contribution in [0.5, 0.6) is 17.2 Å². The quantitative estimate of drug-likeness (QED) is 0.458. The Hall–Kier alpha value is -3.33. The van der Waals surface area contributed by atoms with Crippen molar-refractivity contribution in [3.63, 3.8) is 0 Å². The van der Waals surface area contributed by atoms with E-state index in [-0.39, 0.29) is 5.11 Å². The van der Waals surface area contributed by atoms with E-state index >= 15 is 0 Å². The topological polar surface area (TPSA) is 97.9 Å². The van der Waals surface area contributed by atoms with E-state index in [1.807, 2.05) is 0 Å². The van der Waals surface area contributed by atoms with Crippen molar-refractivity contribution in [2.45, 2.75) is 13.8 Å². The minimum absolute atomic E-state index is 0.0473. The van der Waals surface area contributed by atoms with Gasteiger partial charge in [0.25, 0.3) is 11.8 Å². The fourth-order valence-electron chi connectivity index (χ4n) is 2.34. The summed E-state index contributed by atoms with van der Waals surface area (Å²) in [6.45, 7) is 4.71. The Morgan fingerprint density at radius 2 is 1.53 bits per heavy atom. The van der Waals surface area contributed by atoms with Gasteiger partial charge in [0.2, 0.25) is 0 Å². The molecule has 0 fully saturated rings. The third kappa shape index (κ3) is 6.63. The van der Waals surface area contributed by atoms with Gasteiger partial charge in [0, 0.05) is 11.1 Å². The van der Waals surface area contributed by atoms with E-state index in [2.05, 4.69) is 30.0 Å². The molecule has 0 saturated heterocycles. The van der Waals surface area contributed by atoms with Gasteiger partial charge in [0.15, 0.2) is 16.6 Å². The normalized spacial score (nSPS) is 10.2. The molecule has 0 aromatic heterocycles. The molecule has 0 unspecified atom stereocenters. The maximum atomic E-state index is 12.3. The molecule has 160 valence electrons. The molecule has 2 amide bonds. The minimum Gasteiger partial charge on any atom is -0.493 e. The Bertz CT molecular complexity index is 900. The highest BCUT2D eigenvalue weighted by atomic mass is 32.1. The molecule has 0 spiro atoms. The van der Waals surface area contributed by atoms with Crippen molar-refractivity contribution < 1.29 is 23.8 Å². The fraction of sp³-hybridized carbons (Fsp3) is 0.286. The van der Waals surface area contributed by atoms with Gasteiger partial charge in [-0.3, -0.25) is 25.8 Å². The molecule has 0 aliphatic rings. The van der Waals surface area contributed by atoms with E-state index in [4.69, 9.17) is 26.4 Å². The molecule has 2 aromatic carbocycles. The van der Waals surface area contributed by atoms with Crippen molar-refractivity contribution in [1.29, 1.82) is 0 Å². The monoisotopic (exact) mass is 431 g/mol. The molecule has 2 aromatic rings. The fourth-order valence-corrected chi connectivity index (χ4v) is 2.48. The molecular formula is C21H25N3O5S. The number of hydrogen-bond acceptors (Lipinski definition) is 6. The molecular weight excluding hydrogens is 406 g/mol. The van der Waals surface area contributed by atoms with Crippen LogP contribution in [-0.2, 0) is 0 Å². The summed E-state index contributed by atoms with van der Waals surface area (Å²) >= 11 is 5.06. The molecule has 2 rings (SSSR count).